The molecule has 0 spiro atoms. The molecule has 0 aliphatic carbocycles. The topological polar surface area (TPSA) is 133 Å². The number of ether oxygens (including phenoxy) is 1. The van der Waals surface area contributed by atoms with Gasteiger partial charge < -0.3 is 20.1 Å². The third-order valence-electron chi connectivity index (χ3n) is 4.51. The molecule has 2 amide bonds. The summed E-state index contributed by atoms with van der Waals surface area (Å²) in [6.07, 6.45) is -0.806. The zero-order valence-electron chi connectivity index (χ0n) is 15.3. The van der Waals surface area contributed by atoms with Gasteiger partial charge in [-0.05, 0) is 36.2 Å². The van der Waals surface area contributed by atoms with Crippen molar-refractivity contribution in [2.45, 2.75) is 25.4 Å². The predicted octanol–water partition coefficient (Wildman–Crippen LogP) is 2.31. The average molecular weight is 394 g/mol. The van der Waals surface area contributed by atoms with Gasteiger partial charge in [0.15, 0.2) is 6.10 Å². The number of benzene rings is 2. The van der Waals surface area contributed by atoms with E-state index in [4.69, 9.17) is 9.84 Å². The quantitative estimate of drug-likeness (QED) is 0.507. The Balaban J connectivity index is 1.40. The number of aryl methyl sites for hydroxylation is 1. The maximum absolute atomic E-state index is 12.3. The van der Waals surface area contributed by atoms with Crippen LogP contribution in [0.5, 0.6) is 5.75 Å². The second-order valence-corrected chi connectivity index (χ2v) is 6.67. The van der Waals surface area contributed by atoms with Gasteiger partial charge in [0.05, 0.1) is 23.1 Å². The maximum atomic E-state index is 12.3. The van der Waals surface area contributed by atoms with E-state index in [2.05, 4.69) is 20.6 Å². The lowest BCUT2D eigenvalue weighted by molar-refractivity contribution is -0.137. The molecule has 4 N–H and O–H groups in total. The Morgan fingerprint density at radius 1 is 1.21 bits per heavy atom. The molecule has 1 aliphatic rings. The van der Waals surface area contributed by atoms with Gasteiger partial charge in [-0.3, -0.25) is 19.7 Å². The van der Waals surface area contributed by atoms with Crippen molar-refractivity contribution in [1.82, 2.24) is 9.97 Å². The van der Waals surface area contributed by atoms with Crippen LogP contribution in [0.3, 0.4) is 0 Å². The van der Waals surface area contributed by atoms with Crippen LogP contribution in [0.15, 0.2) is 42.5 Å². The predicted molar refractivity (Wildman–Crippen MR) is 105 cm³/mol. The number of nitrogens with one attached hydrogen (secondary N) is 3. The summed E-state index contributed by atoms with van der Waals surface area (Å²) >= 11 is 0. The highest BCUT2D eigenvalue weighted by Crippen LogP contribution is 2.31. The van der Waals surface area contributed by atoms with Gasteiger partial charge in [0.25, 0.3) is 5.91 Å². The molecule has 3 aromatic rings. The van der Waals surface area contributed by atoms with Crippen LogP contribution in [0.25, 0.3) is 11.0 Å². The van der Waals surface area contributed by atoms with E-state index in [0.29, 0.717) is 23.8 Å². The van der Waals surface area contributed by atoms with Gasteiger partial charge in [-0.25, -0.2) is 4.98 Å². The molecule has 29 heavy (non-hydrogen) atoms. The van der Waals surface area contributed by atoms with Crippen LogP contribution < -0.4 is 15.4 Å². The number of hydrogen-bond donors (Lipinski definition) is 4. The van der Waals surface area contributed by atoms with Crippen LogP contribution in [-0.2, 0) is 20.8 Å². The summed E-state index contributed by atoms with van der Waals surface area (Å²) in [5.74, 6) is -1.00. The number of aromatic amines is 1. The smallest absolute Gasteiger partial charge is 0.303 e. The van der Waals surface area contributed by atoms with Crippen LogP contribution in [0.2, 0.25) is 0 Å². The van der Waals surface area contributed by atoms with Crippen molar-refractivity contribution in [3.05, 3.63) is 48.0 Å². The molecule has 1 atom stereocenters. The molecule has 0 saturated heterocycles. The molecule has 2 aromatic carbocycles. The number of amides is 2. The number of aliphatic carboxylic acids is 1. The highest BCUT2D eigenvalue weighted by Gasteiger charge is 2.30. The van der Waals surface area contributed by atoms with Crippen LogP contribution >= 0.6 is 0 Å². The highest BCUT2D eigenvalue weighted by atomic mass is 16.5. The number of imidazole rings is 1. The second-order valence-electron chi connectivity index (χ2n) is 6.67. The van der Waals surface area contributed by atoms with Crippen LogP contribution in [0.1, 0.15) is 18.4 Å². The van der Waals surface area contributed by atoms with Crippen molar-refractivity contribution in [2.75, 3.05) is 10.6 Å². The Hall–Kier alpha value is -3.88. The molecular formula is C20H18N4O5. The van der Waals surface area contributed by atoms with Crippen LogP contribution in [0, 0.1) is 0 Å². The summed E-state index contributed by atoms with van der Waals surface area (Å²) in [5, 5.41) is 14.1. The van der Waals surface area contributed by atoms with Gasteiger partial charge in [0.2, 0.25) is 11.9 Å². The van der Waals surface area contributed by atoms with Gasteiger partial charge in [-0.15, -0.1) is 0 Å². The molecule has 148 valence electrons. The molecule has 0 unspecified atom stereocenters. The first-order valence-electron chi connectivity index (χ1n) is 9.05. The second kappa shape index (κ2) is 7.63. The fourth-order valence-corrected chi connectivity index (χ4v) is 3.10. The van der Waals surface area contributed by atoms with Crippen LogP contribution in [-0.4, -0.2) is 39.0 Å². The summed E-state index contributed by atoms with van der Waals surface area (Å²) in [6, 6.07) is 12.5. The van der Waals surface area contributed by atoms with Crippen molar-refractivity contribution < 1.29 is 24.2 Å². The van der Waals surface area contributed by atoms with E-state index >= 15 is 0 Å². The summed E-state index contributed by atoms with van der Waals surface area (Å²) in [5.41, 5.74) is 2.76. The van der Waals surface area contributed by atoms with E-state index in [1.54, 1.807) is 18.2 Å². The minimum Gasteiger partial charge on any atom is -0.481 e. The molecule has 9 heteroatoms. The van der Waals surface area contributed by atoms with Crippen molar-refractivity contribution in [1.29, 1.82) is 0 Å². The van der Waals surface area contributed by atoms with E-state index in [9.17, 15) is 14.4 Å². The summed E-state index contributed by atoms with van der Waals surface area (Å²) in [4.78, 5) is 42.6. The Morgan fingerprint density at radius 2 is 2.03 bits per heavy atom. The first-order valence-corrected chi connectivity index (χ1v) is 9.05. The summed E-state index contributed by atoms with van der Waals surface area (Å²) in [7, 11) is 0. The van der Waals surface area contributed by atoms with E-state index < -0.39 is 23.9 Å². The number of para-hydroxylation sites is 2. The number of anilines is 2. The summed E-state index contributed by atoms with van der Waals surface area (Å²) in [6.45, 7) is 0. The van der Waals surface area contributed by atoms with E-state index in [1.165, 1.54) is 0 Å². The molecule has 4 rings (SSSR count). The number of carbonyl (C=O) groups is 3. The van der Waals surface area contributed by atoms with Crippen LogP contribution in [0.4, 0.5) is 11.6 Å². The first kappa shape index (κ1) is 18.5. The SMILES string of the molecule is O=C(O)CCc1ccc2c(c1)NC(=O)[C@H](CC(=O)Nc1nc3ccccc3[nH]1)O2. The fourth-order valence-electron chi connectivity index (χ4n) is 3.10. The number of carboxylic acids is 1. The zero-order chi connectivity index (χ0) is 20.4. The molecule has 9 nitrogen and oxygen atoms in total. The molecule has 1 aliphatic heterocycles. The summed E-state index contributed by atoms with van der Waals surface area (Å²) < 4.78 is 5.67. The van der Waals surface area contributed by atoms with Crippen molar-refractivity contribution in [3.8, 4) is 5.75 Å². The number of carboxylic acid groups (broad SMARTS) is 1. The van der Waals surface area contributed by atoms with E-state index in [0.717, 1.165) is 16.6 Å². The lowest BCUT2D eigenvalue weighted by atomic mass is 10.1. The van der Waals surface area contributed by atoms with Crippen molar-refractivity contribution in [3.63, 3.8) is 0 Å². The third-order valence-corrected chi connectivity index (χ3v) is 4.51. The Bertz CT molecular complexity index is 1070. The van der Waals surface area contributed by atoms with E-state index in [-0.39, 0.29) is 12.8 Å². The normalized spacial score (nSPS) is 15.3. The van der Waals surface area contributed by atoms with E-state index in [1.807, 2.05) is 24.3 Å². The molecule has 0 fully saturated rings. The zero-order valence-corrected chi connectivity index (χ0v) is 15.3. The lowest BCUT2D eigenvalue weighted by Gasteiger charge is -2.25. The lowest BCUT2D eigenvalue weighted by Crippen LogP contribution is -2.39. The van der Waals surface area contributed by atoms with Gasteiger partial charge >= 0.3 is 5.97 Å². The third kappa shape index (κ3) is 4.18. The molecular weight excluding hydrogens is 376 g/mol. The standard InChI is InChI=1S/C20H18N4O5/c25-17(24-20-22-12-3-1-2-4-13(12)23-20)10-16-19(28)21-14-9-11(6-8-18(26)27)5-7-15(14)29-16/h1-5,7,9,16H,6,8,10H2,(H,21,28)(H,26,27)(H2,22,23,24,25)/t16-/m0/s1. The minimum atomic E-state index is -0.975. The number of nitrogens with zero attached hydrogens (tertiary/aromatic N) is 1. The Labute approximate surface area is 165 Å². The Kier molecular flexibility index (Phi) is 4.86. The number of aromatic nitrogens is 2. The number of carbonyl (C=O) groups excluding carboxylic acids is 2. The largest absolute Gasteiger partial charge is 0.481 e. The monoisotopic (exact) mass is 394 g/mol. The maximum Gasteiger partial charge on any atom is 0.303 e. The molecule has 0 saturated carbocycles. The van der Waals surface area contributed by atoms with Gasteiger partial charge in [-0.2, -0.15) is 0 Å². The van der Waals surface area contributed by atoms with Crippen molar-refractivity contribution >= 4 is 40.5 Å². The average Bonchev–Trinajstić information content (AvgIpc) is 3.09. The first-order chi connectivity index (χ1) is 14.0. The number of H-pyrrole nitrogens is 1. The highest BCUT2D eigenvalue weighted by molar-refractivity contribution is 6.02. The van der Waals surface area contributed by atoms with Gasteiger partial charge in [-0.1, -0.05) is 18.2 Å². The molecule has 2 heterocycles. The minimum absolute atomic E-state index is 0.00181. The molecule has 0 bridgehead atoms. The Morgan fingerprint density at radius 3 is 2.83 bits per heavy atom. The van der Waals surface area contributed by atoms with Crippen molar-refractivity contribution in [2.24, 2.45) is 0 Å². The van der Waals surface area contributed by atoms with Gasteiger partial charge in [0, 0.05) is 6.42 Å². The molecule has 1 aromatic heterocycles. The number of hydrogen-bond acceptors (Lipinski definition) is 5. The molecule has 0 radical (unpaired) electrons. The number of rotatable bonds is 6. The van der Waals surface area contributed by atoms with Gasteiger partial charge in [0.1, 0.15) is 5.75 Å². The number of fused-ring (bicyclic) bond motifs is 2. The fraction of sp³-hybridized carbons (Fsp3) is 0.200.